The molecule has 0 spiro atoms. The molecule has 1 aliphatic heterocycles. The van der Waals surface area contributed by atoms with Crippen LogP contribution in [0.2, 0.25) is 0 Å². The standard InChI is InChI=1S/C24H23F2N5O2/c25-17-7-5-15(6-8-17)16-11-20(28-13-16)23-18(3-1-4-19(23)26)24(33)30-21(22(32)12-27)14-31-10-2-9-29-31/h1-11,21-22,32H,12-14,27H2,(H,30,33)/t21-,22-/m1/s1. The maximum absolute atomic E-state index is 14.9. The van der Waals surface area contributed by atoms with E-state index >= 15 is 0 Å². The molecule has 1 aliphatic rings. The van der Waals surface area contributed by atoms with Crippen LogP contribution < -0.4 is 11.1 Å². The van der Waals surface area contributed by atoms with E-state index in [1.807, 2.05) is 0 Å². The highest BCUT2D eigenvalue weighted by Crippen LogP contribution is 2.25. The number of hydrogen-bond acceptors (Lipinski definition) is 5. The third kappa shape index (κ3) is 5.05. The van der Waals surface area contributed by atoms with Crippen molar-refractivity contribution in [3.05, 3.63) is 95.3 Å². The Morgan fingerprint density at radius 3 is 2.67 bits per heavy atom. The number of aliphatic imine (C=N–C) groups is 1. The van der Waals surface area contributed by atoms with Crippen LogP contribution in [-0.2, 0) is 6.54 Å². The fraction of sp³-hybridized carbons (Fsp3) is 0.208. The highest BCUT2D eigenvalue weighted by molar-refractivity contribution is 6.19. The fourth-order valence-electron chi connectivity index (χ4n) is 3.67. The third-order valence-electron chi connectivity index (χ3n) is 5.43. The summed E-state index contributed by atoms with van der Waals surface area (Å²) >= 11 is 0. The number of aliphatic hydroxyl groups excluding tert-OH is 1. The molecule has 2 heterocycles. The maximum Gasteiger partial charge on any atom is 0.252 e. The predicted molar refractivity (Wildman–Crippen MR) is 121 cm³/mol. The van der Waals surface area contributed by atoms with E-state index < -0.39 is 23.9 Å². The van der Waals surface area contributed by atoms with Crippen molar-refractivity contribution in [2.24, 2.45) is 10.7 Å². The van der Waals surface area contributed by atoms with Crippen molar-refractivity contribution in [1.82, 2.24) is 15.1 Å². The number of halogens is 2. The second kappa shape index (κ2) is 9.85. The van der Waals surface area contributed by atoms with Crippen molar-refractivity contribution in [1.29, 1.82) is 0 Å². The summed E-state index contributed by atoms with van der Waals surface area (Å²) in [6, 6.07) is 11.1. The first-order valence-corrected chi connectivity index (χ1v) is 10.4. The lowest BCUT2D eigenvalue weighted by atomic mass is 9.99. The number of aliphatic hydroxyl groups is 1. The Kier molecular flexibility index (Phi) is 6.71. The normalized spacial score (nSPS) is 15.0. The monoisotopic (exact) mass is 451 g/mol. The lowest BCUT2D eigenvalue weighted by molar-refractivity contribution is 0.0819. The van der Waals surface area contributed by atoms with Crippen molar-refractivity contribution in [2.45, 2.75) is 18.7 Å². The first-order valence-electron chi connectivity index (χ1n) is 10.4. The van der Waals surface area contributed by atoms with Crippen LogP contribution in [0.5, 0.6) is 0 Å². The van der Waals surface area contributed by atoms with E-state index in [9.17, 15) is 18.7 Å². The Hall–Kier alpha value is -3.69. The summed E-state index contributed by atoms with van der Waals surface area (Å²) in [6.07, 6.45) is 3.95. The zero-order chi connectivity index (χ0) is 23.4. The van der Waals surface area contributed by atoms with Crippen molar-refractivity contribution < 1.29 is 18.7 Å². The number of aromatic nitrogens is 2. The molecule has 7 nitrogen and oxygen atoms in total. The second-order valence-electron chi connectivity index (χ2n) is 7.65. The Labute approximate surface area is 189 Å². The molecule has 0 radical (unpaired) electrons. The van der Waals surface area contributed by atoms with Crippen LogP contribution in [0, 0.1) is 11.6 Å². The van der Waals surface area contributed by atoms with Gasteiger partial charge < -0.3 is 16.2 Å². The Bertz CT molecular complexity index is 1190. The van der Waals surface area contributed by atoms with E-state index in [1.54, 1.807) is 41.4 Å². The molecule has 0 aliphatic carbocycles. The highest BCUT2D eigenvalue weighted by Gasteiger charge is 2.26. The molecule has 0 fully saturated rings. The number of hydrogen-bond donors (Lipinski definition) is 3. The number of nitrogens with two attached hydrogens (primary N) is 1. The quantitative estimate of drug-likeness (QED) is 0.488. The molecule has 9 heteroatoms. The van der Waals surface area contributed by atoms with Crippen LogP contribution in [0.4, 0.5) is 8.78 Å². The van der Waals surface area contributed by atoms with Gasteiger partial charge in [-0.15, -0.1) is 0 Å². The van der Waals surface area contributed by atoms with Crippen LogP contribution in [0.25, 0.3) is 5.57 Å². The number of rotatable bonds is 8. The minimum absolute atomic E-state index is 0.0622. The lowest BCUT2D eigenvalue weighted by Gasteiger charge is -2.24. The minimum atomic E-state index is -1.02. The van der Waals surface area contributed by atoms with Gasteiger partial charge in [-0.1, -0.05) is 18.2 Å². The van der Waals surface area contributed by atoms with Crippen molar-refractivity contribution in [3.63, 3.8) is 0 Å². The average Bonchev–Trinajstić information content (AvgIpc) is 3.51. The summed E-state index contributed by atoms with van der Waals surface area (Å²) in [5, 5.41) is 17.2. The summed E-state index contributed by atoms with van der Waals surface area (Å²) in [4.78, 5) is 17.6. The minimum Gasteiger partial charge on any atom is -0.390 e. The average molecular weight is 451 g/mol. The van der Waals surface area contributed by atoms with Gasteiger partial charge in [-0.3, -0.25) is 14.5 Å². The molecule has 170 valence electrons. The number of allylic oxidation sites excluding steroid dienone is 1. The molecule has 0 saturated heterocycles. The van der Waals surface area contributed by atoms with E-state index in [4.69, 9.17) is 5.73 Å². The predicted octanol–water partition coefficient (Wildman–Crippen LogP) is 2.17. The van der Waals surface area contributed by atoms with Gasteiger partial charge in [-0.2, -0.15) is 5.10 Å². The van der Waals surface area contributed by atoms with Gasteiger partial charge in [-0.25, -0.2) is 8.78 Å². The first-order chi connectivity index (χ1) is 16.0. The van der Waals surface area contributed by atoms with Crippen LogP contribution >= 0.6 is 0 Å². The molecule has 2 aromatic carbocycles. The van der Waals surface area contributed by atoms with Gasteiger partial charge in [0.25, 0.3) is 5.91 Å². The fourth-order valence-corrected chi connectivity index (χ4v) is 3.67. The molecule has 0 bridgehead atoms. The zero-order valence-electron chi connectivity index (χ0n) is 17.7. The number of benzene rings is 2. The van der Waals surface area contributed by atoms with Gasteiger partial charge in [-0.05, 0) is 47.5 Å². The van der Waals surface area contributed by atoms with Gasteiger partial charge in [0.2, 0.25) is 0 Å². The van der Waals surface area contributed by atoms with Crippen LogP contribution in [-0.4, -0.2) is 51.7 Å². The van der Waals surface area contributed by atoms with E-state index in [0.29, 0.717) is 5.71 Å². The van der Waals surface area contributed by atoms with E-state index in [0.717, 1.165) is 11.1 Å². The van der Waals surface area contributed by atoms with Gasteiger partial charge in [0.15, 0.2) is 0 Å². The van der Waals surface area contributed by atoms with Gasteiger partial charge in [0, 0.05) is 24.5 Å². The SMILES string of the molecule is NC[C@@H](O)[C@@H](Cn1cccn1)NC(=O)c1cccc(F)c1C1=NCC(c2ccc(F)cc2)=C1. The molecular weight excluding hydrogens is 428 g/mol. The Balaban J connectivity index is 1.61. The van der Waals surface area contributed by atoms with Crippen LogP contribution in [0.3, 0.4) is 0 Å². The Morgan fingerprint density at radius 1 is 1.18 bits per heavy atom. The van der Waals surface area contributed by atoms with E-state index in [-0.39, 0.29) is 36.6 Å². The smallest absolute Gasteiger partial charge is 0.252 e. The largest absolute Gasteiger partial charge is 0.390 e. The van der Waals surface area contributed by atoms with Crippen molar-refractivity contribution in [3.8, 4) is 0 Å². The summed E-state index contributed by atoms with van der Waals surface area (Å²) in [6.45, 7) is 0.403. The lowest BCUT2D eigenvalue weighted by Crippen LogP contribution is -2.49. The molecule has 0 unspecified atom stereocenters. The summed E-state index contributed by atoms with van der Waals surface area (Å²) in [5.74, 6) is -1.52. The van der Waals surface area contributed by atoms with Gasteiger partial charge >= 0.3 is 0 Å². The topological polar surface area (TPSA) is 106 Å². The van der Waals surface area contributed by atoms with Crippen LogP contribution in [0.1, 0.15) is 21.5 Å². The van der Waals surface area contributed by atoms with Crippen molar-refractivity contribution >= 4 is 17.2 Å². The summed E-state index contributed by atoms with van der Waals surface area (Å²) in [7, 11) is 0. The van der Waals surface area contributed by atoms with Crippen LogP contribution in [0.15, 0.2) is 72.0 Å². The number of amides is 1. The molecule has 4 N–H and O–H groups in total. The molecule has 4 rings (SSSR count). The molecule has 1 amide bonds. The van der Waals surface area contributed by atoms with Crippen molar-refractivity contribution in [2.75, 3.05) is 13.1 Å². The number of nitrogens with one attached hydrogen (secondary N) is 1. The maximum atomic E-state index is 14.9. The molecule has 0 saturated carbocycles. The van der Waals surface area contributed by atoms with Gasteiger partial charge in [0.1, 0.15) is 11.6 Å². The number of nitrogens with zero attached hydrogens (tertiary/aromatic N) is 3. The summed E-state index contributed by atoms with van der Waals surface area (Å²) < 4.78 is 29.7. The van der Waals surface area contributed by atoms with E-state index in [2.05, 4.69) is 15.4 Å². The zero-order valence-corrected chi connectivity index (χ0v) is 17.7. The molecule has 33 heavy (non-hydrogen) atoms. The third-order valence-corrected chi connectivity index (χ3v) is 5.43. The molecule has 2 atom stereocenters. The summed E-state index contributed by atoms with van der Waals surface area (Å²) in [5.41, 5.74) is 7.63. The molecule has 3 aromatic rings. The Morgan fingerprint density at radius 2 is 1.97 bits per heavy atom. The first kappa shape index (κ1) is 22.5. The second-order valence-corrected chi connectivity index (χ2v) is 7.65. The molecule has 1 aromatic heterocycles. The van der Waals surface area contributed by atoms with E-state index in [1.165, 1.54) is 30.3 Å². The number of carbonyl (C=O) groups excluding carboxylic acids is 1. The highest BCUT2D eigenvalue weighted by atomic mass is 19.1. The molecular formula is C24H23F2N5O2. The number of carbonyl (C=O) groups is 1. The van der Waals surface area contributed by atoms with Gasteiger partial charge in [0.05, 0.1) is 36.5 Å².